The van der Waals surface area contributed by atoms with Gasteiger partial charge in [-0.05, 0) is 52.9 Å². The average Bonchev–Trinajstić information content (AvgIpc) is 3.23. The summed E-state index contributed by atoms with van der Waals surface area (Å²) in [5.41, 5.74) is -2.04. The first-order valence-electron chi connectivity index (χ1n) is 10.9. The molecular formula is C22H34N2O6. The molecule has 5 atom stereocenters. The van der Waals surface area contributed by atoms with Crippen LogP contribution in [-0.4, -0.2) is 80.8 Å². The van der Waals surface area contributed by atoms with Crippen molar-refractivity contribution in [3.05, 3.63) is 12.7 Å². The molecule has 3 heterocycles. The fraction of sp³-hybridized carbons (Fsp3) is 0.773. The van der Waals surface area contributed by atoms with Crippen LogP contribution in [0, 0.1) is 11.8 Å². The van der Waals surface area contributed by atoms with Gasteiger partial charge in [0.05, 0.1) is 17.4 Å². The second-order valence-electron chi connectivity index (χ2n) is 9.25. The Balaban J connectivity index is 2.01. The number of ether oxygens (including phenoxy) is 1. The largest absolute Gasteiger partial charge is 0.481 e. The van der Waals surface area contributed by atoms with E-state index in [1.807, 2.05) is 13.8 Å². The number of rotatable bonds is 10. The van der Waals surface area contributed by atoms with Crippen LogP contribution in [0.3, 0.4) is 0 Å². The number of hydrogen-bond acceptors (Lipinski definition) is 5. The highest BCUT2D eigenvalue weighted by Gasteiger charge is 2.78. The zero-order valence-corrected chi connectivity index (χ0v) is 18.2. The number of likely N-dealkylation sites (tertiary alicyclic amines) is 1. The molecule has 2 amide bonds. The molecule has 3 fully saturated rings. The van der Waals surface area contributed by atoms with Crippen LogP contribution in [0.4, 0.5) is 0 Å². The monoisotopic (exact) mass is 422 g/mol. The Labute approximate surface area is 177 Å². The second kappa shape index (κ2) is 8.30. The molecule has 1 spiro atoms. The quantitative estimate of drug-likeness (QED) is 0.407. The molecule has 3 aliphatic heterocycles. The van der Waals surface area contributed by atoms with Crippen LogP contribution in [0.1, 0.15) is 52.9 Å². The van der Waals surface area contributed by atoms with Crippen molar-refractivity contribution in [3.63, 3.8) is 0 Å². The minimum atomic E-state index is -1.10. The third-order valence-corrected chi connectivity index (χ3v) is 7.07. The minimum Gasteiger partial charge on any atom is -0.481 e. The van der Waals surface area contributed by atoms with E-state index in [4.69, 9.17) is 9.84 Å². The van der Waals surface area contributed by atoms with Gasteiger partial charge in [-0.3, -0.25) is 14.4 Å². The molecule has 168 valence electrons. The van der Waals surface area contributed by atoms with E-state index < -0.39 is 35.0 Å². The van der Waals surface area contributed by atoms with Crippen LogP contribution < -0.4 is 0 Å². The fourth-order valence-corrected chi connectivity index (χ4v) is 5.74. The molecule has 2 bridgehead atoms. The Morgan fingerprint density at radius 3 is 2.60 bits per heavy atom. The van der Waals surface area contributed by atoms with Gasteiger partial charge in [0.25, 0.3) is 0 Å². The Kier molecular flexibility index (Phi) is 6.30. The SMILES string of the molecule is C=CCN(C(=O)C1N(CCCCCO)C(=O)[C@@H]2[C@H](C(=O)O)[C@]3(C)CCC12O3)C(C)C. The van der Waals surface area contributed by atoms with E-state index in [0.29, 0.717) is 38.8 Å². The smallest absolute Gasteiger partial charge is 0.310 e. The summed E-state index contributed by atoms with van der Waals surface area (Å²) in [6.07, 6.45) is 4.64. The van der Waals surface area contributed by atoms with Crippen molar-refractivity contribution in [2.24, 2.45) is 11.8 Å². The third kappa shape index (κ3) is 3.34. The number of aliphatic hydroxyl groups is 1. The molecule has 8 nitrogen and oxygen atoms in total. The number of carbonyl (C=O) groups is 3. The van der Waals surface area contributed by atoms with Gasteiger partial charge in [-0.2, -0.15) is 0 Å². The lowest BCUT2D eigenvalue weighted by atomic mass is 9.66. The summed E-state index contributed by atoms with van der Waals surface area (Å²) in [7, 11) is 0. The standard InChI is InChI=1S/C22H34N2O6/c1-5-11-23(14(2)3)19(27)17-22-10-9-21(4,30-22)16(20(28)29)15(22)18(26)24(17)12-7-6-8-13-25/h5,14-17,25H,1,6-13H2,2-4H3,(H,28,29)/t15-,16+,17?,21-,22?/m0/s1. The first kappa shape index (κ1) is 22.7. The first-order chi connectivity index (χ1) is 14.1. The molecule has 2 unspecified atom stereocenters. The molecule has 3 rings (SSSR count). The predicted octanol–water partition coefficient (Wildman–Crippen LogP) is 1.42. The number of nitrogens with zero attached hydrogens (tertiary/aromatic N) is 2. The van der Waals surface area contributed by atoms with Gasteiger partial charge in [0.1, 0.15) is 11.6 Å². The van der Waals surface area contributed by atoms with Crippen LogP contribution in [0.2, 0.25) is 0 Å². The van der Waals surface area contributed by atoms with Gasteiger partial charge in [0, 0.05) is 25.7 Å². The van der Waals surface area contributed by atoms with Crippen molar-refractivity contribution in [2.75, 3.05) is 19.7 Å². The average molecular weight is 423 g/mol. The molecule has 0 aromatic heterocycles. The van der Waals surface area contributed by atoms with Gasteiger partial charge >= 0.3 is 5.97 Å². The van der Waals surface area contributed by atoms with Crippen molar-refractivity contribution in [2.45, 2.75) is 76.2 Å². The number of carbonyl (C=O) groups excluding carboxylic acids is 2. The van der Waals surface area contributed by atoms with Gasteiger partial charge in [-0.25, -0.2) is 0 Å². The summed E-state index contributed by atoms with van der Waals surface area (Å²) in [5, 5.41) is 19.0. The van der Waals surface area contributed by atoms with Gasteiger partial charge in [0.2, 0.25) is 11.8 Å². The fourth-order valence-electron chi connectivity index (χ4n) is 5.74. The molecule has 0 radical (unpaired) electrons. The number of aliphatic hydroxyl groups excluding tert-OH is 1. The lowest BCUT2D eigenvalue weighted by molar-refractivity contribution is -0.156. The van der Waals surface area contributed by atoms with Gasteiger partial charge in [-0.15, -0.1) is 6.58 Å². The maximum absolute atomic E-state index is 13.7. The number of carboxylic acid groups (broad SMARTS) is 1. The summed E-state index contributed by atoms with van der Waals surface area (Å²) >= 11 is 0. The molecule has 0 aromatic rings. The van der Waals surface area contributed by atoms with Gasteiger partial charge in [0.15, 0.2) is 0 Å². The Hall–Kier alpha value is -1.93. The highest BCUT2D eigenvalue weighted by molar-refractivity contribution is 5.98. The van der Waals surface area contributed by atoms with Crippen molar-refractivity contribution in [3.8, 4) is 0 Å². The molecular weight excluding hydrogens is 388 g/mol. The van der Waals surface area contributed by atoms with Crippen LogP contribution in [0.15, 0.2) is 12.7 Å². The second-order valence-corrected chi connectivity index (χ2v) is 9.25. The van der Waals surface area contributed by atoms with Crippen LogP contribution in [0.5, 0.6) is 0 Å². The molecule has 3 aliphatic rings. The van der Waals surface area contributed by atoms with Crippen LogP contribution in [0.25, 0.3) is 0 Å². The van der Waals surface area contributed by atoms with E-state index in [0.717, 1.165) is 6.42 Å². The van der Waals surface area contributed by atoms with Gasteiger partial charge in [-0.1, -0.05) is 6.08 Å². The Bertz CT molecular complexity index is 724. The number of hydrogen-bond donors (Lipinski definition) is 2. The molecule has 2 N–H and O–H groups in total. The zero-order valence-electron chi connectivity index (χ0n) is 18.2. The van der Waals surface area contributed by atoms with Crippen molar-refractivity contribution >= 4 is 17.8 Å². The molecule has 0 aliphatic carbocycles. The zero-order chi connectivity index (χ0) is 22.3. The molecule has 0 saturated carbocycles. The lowest BCUT2D eigenvalue weighted by Gasteiger charge is -2.38. The van der Waals surface area contributed by atoms with E-state index in [1.54, 1.807) is 22.8 Å². The summed E-state index contributed by atoms with van der Waals surface area (Å²) in [6, 6.07) is -0.931. The van der Waals surface area contributed by atoms with Crippen molar-refractivity contribution in [1.29, 1.82) is 0 Å². The molecule has 8 heteroatoms. The number of aliphatic carboxylic acids is 1. The number of fused-ring (bicyclic) bond motifs is 1. The topological polar surface area (TPSA) is 107 Å². The predicted molar refractivity (Wildman–Crippen MR) is 110 cm³/mol. The summed E-state index contributed by atoms with van der Waals surface area (Å²) in [6.45, 7) is 10.1. The maximum atomic E-state index is 13.7. The molecule has 3 saturated heterocycles. The van der Waals surface area contributed by atoms with E-state index in [2.05, 4.69) is 6.58 Å². The Morgan fingerprint density at radius 1 is 1.33 bits per heavy atom. The summed E-state index contributed by atoms with van der Waals surface area (Å²) in [5.74, 6) is -3.35. The van der Waals surface area contributed by atoms with E-state index in [1.165, 1.54) is 0 Å². The summed E-state index contributed by atoms with van der Waals surface area (Å²) < 4.78 is 6.36. The number of carboxylic acids is 1. The van der Waals surface area contributed by atoms with E-state index >= 15 is 0 Å². The van der Waals surface area contributed by atoms with E-state index in [9.17, 15) is 19.5 Å². The first-order valence-corrected chi connectivity index (χ1v) is 10.9. The third-order valence-electron chi connectivity index (χ3n) is 7.07. The normalized spacial score (nSPS) is 34.5. The van der Waals surface area contributed by atoms with Crippen molar-refractivity contribution < 1.29 is 29.3 Å². The van der Waals surface area contributed by atoms with Crippen LogP contribution >= 0.6 is 0 Å². The maximum Gasteiger partial charge on any atom is 0.310 e. The Morgan fingerprint density at radius 2 is 2.03 bits per heavy atom. The minimum absolute atomic E-state index is 0.0753. The number of amides is 2. The molecule has 0 aromatic carbocycles. The molecule has 30 heavy (non-hydrogen) atoms. The van der Waals surface area contributed by atoms with Crippen LogP contribution in [-0.2, 0) is 19.1 Å². The van der Waals surface area contributed by atoms with Gasteiger partial charge < -0.3 is 24.7 Å². The van der Waals surface area contributed by atoms with Crippen molar-refractivity contribution in [1.82, 2.24) is 9.80 Å². The van der Waals surface area contributed by atoms with E-state index in [-0.39, 0.29) is 24.5 Å². The highest BCUT2D eigenvalue weighted by Crippen LogP contribution is 2.63. The summed E-state index contributed by atoms with van der Waals surface area (Å²) in [4.78, 5) is 42.6. The highest BCUT2D eigenvalue weighted by atomic mass is 16.5. The number of unbranched alkanes of at least 4 members (excludes halogenated alkanes) is 2. The lowest BCUT2D eigenvalue weighted by Crippen LogP contribution is -2.57.